The molecule has 3 N–H and O–H groups in total. The number of benzene rings is 1. The number of nitrogens with one attached hydrogen (secondary N) is 1. The highest BCUT2D eigenvalue weighted by Crippen LogP contribution is 2.55. The maximum atomic E-state index is 12.1. The molecule has 108 valence electrons. The molecule has 2 fully saturated rings. The summed E-state index contributed by atoms with van der Waals surface area (Å²) in [5, 5.41) is 2.99. The average molecular weight is 274 g/mol. The highest BCUT2D eigenvalue weighted by atomic mass is 16.5. The number of carbonyl (C=O) groups is 1. The number of hydrogen-bond acceptors (Lipinski definition) is 3. The van der Waals surface area contributed by atoms with Crippen LogP contribution in [-0.4, -0.2) is 19.1 Å². The second-order valence-electron chi connectivity index (χ2n) is 5.82. The van der Waals surface area contributed by atoms with E-state index in [0.717, 1.165) is 0 Å². The third-order valence-electron chi connectivity index (χ3n) is 4.54. The molecule has 0 aromatic heterocycles. The number of hydrogen-bond donors (Lipinski definition) is 2. The molecule has 2 saturated carbocycles. The van der Waals surface area contributed by atoms with Gasteiger partial charge in [-0.05, 0) is 36.8 Å². The minimum Gasteiger partial charge on any atom is -0.490 e. The molecule has 1 amide bonds. The van der Waals surface area contributed by atoms with Gasteiger partial charge in [-0.2, -0.15) is 0 Å². The molecule has 2 aliphatic rings. The van der Waals surface area contributed by atoms with E-state index in [-0.39, 0.29) is 11.8 Å². The van der Waals surface area contributed by atoms with Crippen molar-refractivity contribution < 1.29 is 9.53 Å². The van der Waals surface area contributed by atoms with Crippen LogP contribution < -0.4 is 15.8 Å². The summed E-state index contributed by atoms with van der Waals surface area (Å²) in [7, 11) is 0. The van der Waals surface area contributed by atoms with Gasteiger partial charge in [0.15, 0.2) is 0 Å². The Morgan fingerprint density at radius 3 is 2.65 bits per heavy atom. The van der Waals surface area contributed by atoms with E-state index in [0.29, 0.717) is 36.4 Å². The van der Waals surface area contributed by atoms with Crippen LogP contribution in [0.3, 0.4) is 0 Å². The second kappa shape index (κ2) is 5.73. The fourth-order valence-corrected chi connectivity index (χ4v) is 3.45. The Labute approximate surface area is 119 Å². The molecule has 2 atom stereocenters. The van der Waals surface area contributed by atoms with Crippen molar-refractivity contribution in [2.45, 2.75) is 25.7 Å². The third kappa shape index (κ3) is 2.74. The number of fused-ring (bicyclic) bond motifs is 1. The van der Waals surface area contributed by atoms with Crippen molar-refractivity contribution in [3.63, 3.8) is 0 Å². The third-order valence-corrected chi connectivity index (χ3v) is 4.54. The first kappa shape index (κ1) is 13.3. The number of anilines is 1. The topological polar surface area (TPSA) is 64.3 Å². The molecule has 2 aliphatic carbocycles. The van der Waals surface area contributed by atoms with Crippen molar-refractivity contribution >= 4 is 11.6 Å². The predicted molar refractivity (Wildman–Crippen MR) is 78.3 cm³/mol. The highest BCUT2D eigenvalue weighted by molar-refractivity contribution is 5.82. The number of carbonyl (C=O) groups excluding carboxylic acids is 1. The lowest BCUT2D eigenvalue weighted by atomic mass is 10.0. The van der Waals surface area contributed by atoms with E-state index >= 15 is 0 Å². The normalized spacial score (nSPS) is 27.5. The molecule has 1 aromatic rings. The maximum Gasteiger partial charge on any atom is 0.223 e. The minimum absolute atomic E-state index is 0.214. The monoisotopic (exact) mass is 274 g/mol. The van der Waals surface area contributed by atoms with Crippen LogP contribution in [0.2, 0.25) is 0 Å². The van der Waals surface area contributed by atoms with Crippen LogP contribution in [0.15, 0.2) is 24.3 Å². The van der Waals surface area contributed by atoms with E-state index in [1.807, 2.05) is 24.3 Å². The van der Waals surface area contributed by atoms with E-state index in [1.54, 1.807) is 0 Å². The lowest BCUT2D eigenvalue weighted by Crippen LogP contribution is -2.30. The van der Waals surface area contributed by atoms with Crippen molar-refractivity contribution in [1.82, 2.24) is 5.32 Å². The summed E-state index contributed by atoms with van der Waals surface area (Å²) in [6, 6.07) is 7.41. The lowest BCUT2D eigenvalue weighted by Gasteiger charge is -2.09. The molecule has 0 saturated heterocycles. The summed E-state index contributed by atoms with van der Waals surface area (Å²) in [5.74, 6) is 2.50. The smallest absolute Gasteiger partial charge is 0.223 e. The van der Waals surface area contributed by atoms with Crippen molar-refractivity contribution in [2.24, 2.45) is 17.8 Å². The Balaban J connectivity index is 1.38. The first-order chi connectivity index (χ1) is 9.77. The number of nitrogens with two attached hydrogens (primary N) is 1. The van der Waals surface area contributed by atoms with Gasteiger partial charge in [-0.15, -0.1) is 0 Å². The van der Waals surface area contributed by atoms with E-state index in [9.17, 15) is 4.79 Å². The zero-order valence-corrected chi connectivity index (χ0v) is 11.7. The summed E-state index contributed by atoms with van der Waals surface area (Å²) in [6.07, 6.45) is 5.06. The number of nitrogen functional groups attached to an aromatic ring is 1. The molecule has 0 radical (unpaired) electrons. The fourth-order valence-electron chi connectivity index (χ4n) is 3.45. The van der Waals surface area contributed by atoms with E-state index < -0.39 is 0 Å². The summed E-state index contributed by atoms with van der Waals surface area (Å²) in [6.45, 7) is 1.01. The minimum atomic E-state index is 0.214. The fraction of sp³-hybridized carbons (Fsp3) is 0.562. The van der Waals surface area contributed by atoms with Crippen LogP contribution >= 0.6 is 0 Å². The summed E-state index contributed by atoms with van der Waals surface area (Å²) < 4.78 is 5.57. The van der Waals surface area contributed by atoms with Gasteiger partial charge in [0.25, 0.3) is 0 Å². The number of para-hydroxylation sites is 2. The van der Waals surface area contributed by atoms with E-state index in [2.05, 4.69) is 5.32 Å². The van der Waals surface area contributed by atoms with Gasteiger partial charge in [-0.3, -0.25) is 4.79 Å². The predicted octanol–water partition coefficient (Wildman–Crippen LogP) is 2.20. The maximum absolute atomic E-state index is 12.1. The molecular formula is C16H22N2O2. The first-order valence-corrected chi connectivity index (χ1v) is 7.52. The zero-order chi connectivity index (χ0) is 13.9. The van der Waals surface area contributed by atoms with Crippen LogP contribution in [-0.2, 0) is 4.79 Å². The molecule has 0 bridgehead atoms. The summed E-state index contributed by atoms with van der Waals surface area (Å²) in [5.41, 5.74) is 6.42. The molecule has 4 heteroatoms. The average Bonchev–Trinajstić information content (AvgIpc) is 3.19. The SMILES string of the molecule is Nc1ccccc1OCCNC(=O)C1C2CCCCC21. The number of rotatable bonds is 5. The molecule has 0 spiro atoms. The van der Waals surface area contributed by atoms with Gasteiger partial charge in [0, 0.05) is 5.92 Å². The lowest BCUT2D eigenvalue weighted by molar-refractivity contribution is -0.123. The standard InChI is InChI=1S/C16H22N2O2/c17-13-7-3-4-8-14(13)20-10-9-18-16(19)15-11-5-1-2-6-12(11)15/h3-4,7-8,11-12,15H,1-2,5-6,9-10,17H2,(H,18,19). The largest absolute Gasteiger partial charge is 0.490 e. The van der Waals surface area contributed by atoms with Crippen LogP contribution in [0, 0.1) is 17.8 Å². The molecular weight excluding hydrogens is 252 g/mol. The Hall–Kier alpha value is -1.71. The van der Waals surface area contributed by atoms with Crippen LogP contribution in [0.5, 0.6) is 5.75 Å². The van der Waals surface area contributed by atoms with Crippen LogP contribution in [0.25, 0.3) is 0 Å². The van der Waals surface area contributed by atoms with Gasteiger partial charge in [0.1, 0.15) is 12.4 Å². The first-order valence-electron chi connectivity index (χ1n) is 7.52. The summed E-state index contributed by atoms with van der Waals surface area (Å²) >= 11 is 0. The molecule has 0 heterocycles. The van der Waals surface area contributed by atoms with Crippen molar-refractivity contribution in [3.05, 3.63) is 24.3 Å². The van der Waals surface area contributed by atoms with Crippen molar-refractivity contribution in [2.75, 3.05) is 18.9 Å². The molecule has 3 rings (SSSR count). The Kier molecular flexibility index (Phi) is 3.81. The van der Waals surface area contributed by atoms with E-state index in [4.69, 9.17) is 10.5 Å². The van der Waals surface area contributed by atoms with Crippen molar-refractivity contribution in [1.29, 1.82) is 0 Å². The van der Waals surface area contributed by atoms with Crippen LogP contribution in [0.4, 0.5) is 5.69 Å². The van der Waals surface area contributed by atoms with Gasteiger partial charge >= 0.3 is 0 Å². The molecule has 1 aromatic carbocycles. The van der Waals surface area contributed by atoms with Gasteiger partial charge < -0.3 is 15.8 Å². The molecule has 0 aliphatic heterocycles. The Morgan fingerprint density at radius 2 is 1.95 bits per heavy atom. The second-order valence-corrected chi connectivity index (χ2v) is 5.82. The number of amides is 1. The summed E-state index contributed by atoms with van der Waals surface area (Å²) in [4.78, 5) is 12.1. The molecule has 20 heavy (non-hydrogen) atoms. The van der Waals surface area contributed by atoms with E-state index in [1.165, 1.54) is 25.7 Å². The number of ether oxygens (including phenoxy) is 1. The van der Waals surface area contributed by atoms with Gasteiger partial charge in [0.2, 0.25) is 5.91 Å². The van der Waals surface area contributed by atoms with Gasteiger partial charge in [-0.25, -0.2) is 0 Å². The van der Waals surface area contributed by atoms with Gasteiger partial charge in [-0.1, -0.05) is 25.0 Å². The Morgan fingerprint density at radius 1 is 1.25 bits per heavy atom. The molecule has 2 unspecified atom stereocenters. The quantitative estimate of drug-likeness (QED) is 0.639. The van der Waals surface area contributed by atoms with Gasteiger partial charge in [0.05, 0.1) is 12.2 Å². The zero-order valence-electron chi connectivity index (χ0n) is 11.7. The Bertz CT molecular complexity index is 477. The van der Waals surface area contributed by atoms with Crippen LogP contribution in [0.1, 0.15) is 25.7 Å². The molecule has 4 nitrogen and oxygen atoms in total. The van der Waals surface area contributed by atoms with Crippen molar-refractivity contribution in [3.8, 4) is 5.75 Å². The highest BCUT2D eigenvalue weighted by Gasteiger charge is 2.54.